The first-order chi connectivity index (χ1) is 8.59. The van der Waals surface area contributed by atoms with E-state index in [9.17, 15) is 4.79 Å². The van der Waals surface area contributed by atoms with E-state index in [-0.39, 0.29) is 18.3 Å². The summed E-state index contributed by atoms with van der Waals surface area (Å²) in [7, 11) is 1.80. The topological polar surface area (TPSA) is 23.6 Å². The van der Waals surface area contributed by atoms with Crippen molar-refractivity contribution in [2.24, 2.45) is 0 Å². The first kappa shape index (κ1) is 16.3. The van der Waals surface area contributed by atoms with Gasteiger partial charge in [0, 0.05) is 7.05 Å². The van der Waals surface area contributed by atoms with Gasteiger partial charge in [0.15, 0.2) is 0 Å². The van der Waals surface area contributed by atoms with Gasteiger partial charge < -0.3 is 4.90 Å². The molecule has 1 aliphatic heterocycles. The Labute approximate surface area is 125 Å². The molecule has 1 aliphatic rings. The molecule has 1 aromatic carbocycles. The third-order valence-corrected chi connectivity index (χ3v) is 3.76. The van der Waals surface area contributed by atoms with Crippen molar-refractivity contribution < 1.29 is 4.79 Å². The number of likely N-dealkylation sites (tertiary alicyclic amines) is 1. The van der Waals surface area contributed by atoms with Crippen LogP contribution in [0.1, 0.15) is 18.4 Å². The van der Waals surface area contributed by atoms with E-state index in [4.69, 9.17) is 11.6 Å². The Kier molecular flexibility index (Phi) is 6.11. The minimum atomic E-state index is 0. The maximum atomic E-state index is 12.2. The molecule has 0 saturated carbocycles. The lowest BCUT2D eigenvalue weighted by atomic mass is 10.2. The summed E-state index contributed by atoms with van der Waals surface area (Å²) in [5.74, 6) is 0.105. The molecule has 0 aromatic heterocycles. The lowest BCUT2D eigenvalue weighted by Crippen LogP contribution is -2.37. The van der Waals surface area contributed by atoms with Crippen LogP contribution in [0.25, 0.3) is 0 Å². The summed E-state index contributed by atoms with van der Waals surface area (Å²) in [4.78, 5) is 16.1. The number of hydrogen-bond acceptors (Lipinski definition) is 2. The predicted molar refractivity (Wildman–Crippen MR) is 82.5 cm³/mol. The van der Waals surface area contributed by atoms with Gasteiger partial charge in [-0.05, 0) is 44.5 Å². The number of halogens is 2. The van der Waals surface area contributed by atoms with Crippen molar-refractivity contribution in [3.63, 3.8) is 0 Å². The molecule has 0 spiro atoms. The average molecular weight is 303 g/mol. The van der Waals surface area contributed by atoms with E-state index in [1.807, 2.05) is 25.1 Å². The van der Waals surface area contributed by atoms with Gasteiger partial charge in [0.25, 0.3) is 0 Å². The van der Waals surface area contributed by atoms with Crippen molar-refractivity contribution in [2.75, 3.05) is 31.6 Å². The van der Waals surface area contributed by atoms with Gasteiger partial charge in [-0.25, -0.2) is 0 Å². The number of carbonyl (C=O) groups is 1. The minimum Gasteiger partial charge on any atom is -0.313 e. The number of aryl methyl sites for hydroxylation is 1. The third kappa shape index (κ3) is 3.85. The first-order valence-electron chi connectivity index (χ1n) is 6.33. The van der Waals surface area contributed by atoms with E-state index in [0.29, 0.717) is 11.6 Å². The van der Waals surface area contributed by atoms with Crippen LogP contribution in [0.5, 0.6) is 0 Å². The highest BCUT2D eigenvalue weighted by Crippen LogP contribution is 2.28. The molecule has 2 rings (SSSR count). The van der Waals surface area contributed by atoms with Crippen LogP contribution in [-0.2, 0) is 4.79 Å². The second-order valence-corrected chi connectivity index (χ2v) is 5.25. The number of para-hydroxylation sites is 1. The van der Waals surface area contributed by atoms with Gasteiger partial charge >= 0.3 is 0 Å². The van der Waals surface area contributed by atoms with Gasteiger partial charge in [0.05, 0.1) is 17.3 Å². The van der Waals surface area contributed by atoms with Crippen LogP contribution < -0.4 is 4.90 Å². The highest BCUT2D eigenvalue weighted by atomic mass is 35.5. The number of amides is 1. The molecule has 0 radical (unpaired) electrons. The van der Waals surface area contributed by atoms with Crippen molar-refractivity contribution in [1.29, 1.82) is 0 Å². The molecule has 0 bridgehead atoms. The Hall–Kier alpha value is -0.770. The monoisotopic (exact) mass is 302 g/mol. The standard InChI is InChI=1S/C14H19ClN2O.ClH/c1-11-6-5-7-12(15)14(11)16(2)13(18)10-17-8-3-4-9-17;/h5-7H,3-4,8-10H2,1-2H3;1H. The van der Waals surface area contributed by atoms with Crippen LogP contribution in [0.2, 0.25) is 5.02 Å². The molecule has 1 fully saturated rings. The molecule has 5 heteroatoms. The Morgan fingerprint density at radius 3 is 2.58 bits per heavy atom. The number of likely N-dealkylation sites (N-methyl/N-ethyl adjacent to an activating group) is 1. The van der Waals surface area contributed by atoms with Crippen LogP contribution in [0.4, 0.5) is 5.69 Å². The second-order valence-electron chi connectivity index (χ2n) is 4.84. The molecule has 1 aromatic rings. The zero-order valence-electron chi connectivity index (χ0n) is 11.4. The summed E-state index contributed by atoms with van der Waals surface area (Å²) >= 11 is 6.18. The summed E-state index contributed by atoms with van der Waals surface area (Å²) in [5.41, 5.74) is 1.85. The van der Waals surface area contributed by atoms with Crippen molar-refractivity contribution in [3.05, 3.63) is 28.8 Å². The van der Waals surface area contributed by atoms with E-state index < -0.39 is 0 Å². The molecule has 106 valence electrons. The van der Waals surface area contributed by atoms with Crippen molar-refractivity contribution in [3.8, 4) is 0 Å². The Morgan fingerprint density at radius 2 is 2.00 bits per heavy atom. The molecular formula is C14H20Cl2N2O. The van der Waals surface area contributed by atoms with Gasteiger partial charge in [0.2, 0.25) is 5.91 Å². The smallest absolute Gasteiger partial charge is 0.240 e. The second kappa shape index (κ2) is 7.13. The minimum absolute atomic E-state index is 0. The van der Waals surface area contributed by atoms with E-state index in [1.54, 1.807) is 11.9 Å². The molecule has 1 amide bonds. The van der Waals surface area contributed by atoms with Crippen molar-refractivity contribution in [2.45, 2.75) is 19.8 Å². The normalized spacial score (nSPS) is 15.1. The van der Waals surface area contributed by atoms with Gasteiger partial charge in [-0.15, -0.1) is 12.4 Å². The summed E-state index contributed by atoms with van der Waals surface area (Å²) in [6, 6.07) is 5.70. The zero-order chi connectivity index (χ0) is 13.1. The quantitative estimate of drug-likeness (QED) is 0.856. The largest absolute Gasteiger partial charge is 0.313 e. The first-order valence-corrected chi connectivity index (χ1v) is 6.71. The predicted octanol–water partition coefficient (Wildman–Crippen LogP) is 3.13. The molecule has 0 aliphatic carbocycles. The maximum Gasteiger partial charge on any atom is 0.240 e. The maximum absolute atomic E-state index is 12.2. The number of anilines is 1. The van der Waals surface area contributed by atoms with Gasteiger partial charge in [-0.1, -0.05) is 23.7 Å². The number of benzene rings is 1. The van der Waals surface area contributed by atoms with E-state index in [0.717, 1.165) is 24.3 Å². The van der Waals surface area contributed by atoms with Gasteiger partial charge in [-0.3, -0.25) is 9.69 Å². The van der Waals surface area contributed by atoms with Crippen LogP contribution in [0.15, 0.2) is 18.2 Å². The number of nitrogens with zero attached hydrogens (tertiary/aromatic N) is 2. The van der Waals surface area contributed by atoms with Crippen molar-refractivity contribution in [1.82, 2.24) is 4.90 Å². The molecule has 3 nitrogen and oxygen atoms in total. The van der Waals surface area contributed by atoms with E-state index >= 15 is 0 Å². The van der Waals surface area contributed by atoms with E-state index in [1.165, 1.54) is 12.8 Å². The Morgan fingerprint density at radius 1 is 1.37 bits per heavy atom. The fourth-order valence-electron chi connectivity index (χ4n) is 2.41. The van der Waals surface area contributed by atoms with Gasteiger partial charge in [-0.2, -0.15) is 0 Å². The Bertz CT molecular complexity index is 425. The lowest BCUT2D eigenvalue weighted by molar-refractivity contribution is -0.119. The number of rotatable bonds is 3. The number of hydrogen-bond donors (Lipinski definition) is 0. The molecule has 0 unspecified atom stereocenters. The van der Waals surface area contributed by atoms with Gasteiger partial charge in [0.1, 0.15) is 0 Å². The summed E-state index contributed by atoms with van der Waals surface area (Å²) in [5, 5.41) is 0.632. The summed E-state index contributed by atoms with van der Waals surface area (Å²) < 4.78 is 0. The van der Waals surface area contributed by atoms with E-state index in [2.05, 4.69) is 4.90 Å². The Balaban J connectivity index is 0.00000180. The molecule has 19 heavy (non-hydrogen) atoms. The zero-order valence-corrected chi connectivity index (χ0v) is 12.9. The highest BCUT2D eigenvalue weighted by Gasteiger charge is 2.20. The molecule has 0 N–H and O–H groups in total. The molecule has 1 heterocycles. The summed E-state index contributed by atoms with van der Waals surface area (Å²) in [6.07, 6.45) is 2.39. The van der Waals surface area contributed by atoms with Crippen LogP contribution in [-0.4, -0.2) is 37.5 Å². The average Bonchev–Trinajstić information content (AvgIpc) is 2.81. The fourth-order valence-corrected chi connectivity index (χ4v) is 2.76. The van der Waals surface area contributed by atoms with Crippen LogP contribution >= 0.6 is 24.0 Å². The lowest BCUT2D eigenvalue weighted by Gasteiger charge is -2.23. The molecular weight excluding hydrogens is 283 g/mol. The molecule has 0 atom stereocenters. The van der Waals surface area contributed by atoms with Crippen molar-refractivity contribution >= 4 is 35.6 Å². The number of carbonyl (C=O) groups excluding carboxylic acids is 1. The SMILES string of the molecule is Cc1cccc(Cl)c1N(C)C(=O)CN1CCCC1.Cl. The fraction of sp³-hybridized carbons (Fsp3) is 0.500. The highest BCUT2D eigenvalue weighted by molar-refractivity contribution is 6.34. The molecule has 1 saturated heterocycles. The summed E-state index contributed by atoms with van der Waals surface area (Å²) in [6.45, 7) is 4.52. The van der Waals surface area contributed by atoms with Crippen LogP contribution in [0.3, 0.4) is 0 Å². The third-order valence-electron chi connectivity index (χ3n) is 3.46. The van der Waals surface area contributed by atoms with Crippen LogP contribution in [0, 0.1) is 6.92 Å².